The van der Waals surface area contributed by atoms with Crippen molar-refractivity contribution in [3.05, 3.63) is 70.3 Å². The van der Waals surface area contributed by atoms with Gasteiger partial charge in [-0.1, -0.05) is 50.6 Å². The van der Waals surface area contributed by atoms with Crippen LogP contribution in [0.3, 0.4) is 0 Å². The molecule has 3 heterocycles. The molecule has 1 spiro atoms. The Bertz CT molecular complexity index is 1830. The van der Waals surface area contributed by atoms with Gasteiger partial charge in [0.15, 0.2) is 0 Å². The van der Waals surface area contributed by atoms with E-state index in [1.165, 1.54) is 11.1 Å². The fourth-order valence-corrected chi connectivity index (χ4v) is 11.9. The van der Waals surface area contributed by atoms with E-state index in [0.717, 1.165) is 114 Å². The number of carbonyl (C=O) groups is 1. The Labute approximate surface area is 335 Å². The molecule has 1 amide bonds. The highest BCUT2D eigenvalue weighted by atomic mass is 35.5. The molecule has 7 rings (SSSR count). The van der Waals surface area contributed by atoms with Crippen molar-refractivity contribution in [3.8, 4) is 5.75 Å². The van der Waals surface area contributed by atoms with Crippen molar-refractivity contribution < 1.29 is 18.5 Å². The lowest BCUT2D eigenvalue weighted by molar-refractivity contribution is -0.121. The van der Waals surface area contributed by atoms with Crippen LogP contribution < -0.4 is 14.4 Å². The van der Waals surface area contributed by atoms with Gasteiger partial charge in [0, 0.05) is 86.8 Å². The number of piperazine rings is 1. The molecule has 1 N–H and O–H groups in total. The second kappa shape index (κ2) is 16.7. The zero-order valence-electron chi connectivity index (χ0n) is 33.9. The number of amides is 1. The van der Waals surface area contributed by atoms with Gasteiger partial charge in [-0.05, 0) is 117 Å². The predicted octanol–water partition coefficient (Wildman–Crippen LogP) is 6.83. The third-order valence-corrected chi connectivity index (χ3v) is 16.2. The molecule has 2 bridgehead atoms. The molecule has 0 aromatic heterocycles. The molecule has 1 unspecified atom stereocenters. The molecule has 55 heavy (non-hydrogen) atoms. The quantitative estimate of drug-likeness (QED) is 0.242. The lowest BCUT2D eigenvalue weighted by Crippen LogP contribution is -2.60. The first-order valence-corrected chi connectivity index (χ1v) is 23.1. The molecule has 9 nitrogen and oxygen atoms in total. The van der Waals surface area contributed by atoms with E-state index < -0.39 is 15.3 Å². The van der Waals surface area contributed by atoms with Crippen molar-refractivity contribution in [2.24, 2.45) is 17.8 Å². The fourth-order valence-electron chi connectivity index (χ4n) is 10.2. The molecule has 7 atom stereocenters. The Balaban J connectivity index is 1.28. The number of hydrogen-bond acceptors (Lipinski definition) is 8. The van der Waals surface area contributed by atoms with Crippen molar-refractivity contribution in [2.75, 3.05) is 77.0 Å². The fraction of sp³-hybridized carbons (Fsp3) is 0.636. The van der Waals surface area contributed by atoms with Crippen molar-refractivity contribution in [1.29, 1.82) is 0 Å². The highest BCUT2D eigenvalue weighted by molar-refractivity contribution is 7.99. The third kappa shape index (κ3) is 8.24. The van der Waals surface area contributed by atoms with Crippen LogP contribution in [-0.2, 0) is 26.3 Å². The van der Waals surface area contributed by atoms with Crippen LogP contribution in [0.15, 0.2) is 48.6 Å². The first kappa shape index (κ1) is 40.6. The van der Waals surface area contributed by atoms with Gasteiger partial charge in [-0.3, -0.25) is 14.4 Å². The van der Waals surface area contributed by atoms with Crippen LogP contribution in [0.4, 0.5) is 5.69 Å². The van der Waals surface area contributed by atoms with Crippen LogP contribution >= 0.6 is 11.6 Å². The van der Waals surface area contributed by atoms with Gasteiger partial charge < -0.3 is 14.4 Å². The van der Waals surface area contributed by atoms with Crippen LogP contribution in [0, 0.1) is 17.8 Å². The number of aryl methyl sites for hydroxylation is 1. The van der Waals surface area contributed by atoms with Crippen LogP contribution in [0.25, 0.3) is 0 Å². The van der Waals surface area contributed by atoms with Gasteiger partial charge in [0.2, 0.25) is 0 Å². The van der Waals surface area contributed by atoms with Crippen LogP contribution in [0.5, 0.6) is 5.75 Å². The largest absolute Gasteiger partial charge is 0.490 e. The second-order valence-corrected chi connectivity index (χ2v) is 19.8. The van der Waals surface area contributed by atoms with Gasteiger partial charge in [-0.15, -0.1) is 0 Å². The summed E-state index contributed by atoms with van der Waals surface area (Å²) in [5, 5.41) is 5.41. The number of hydrazine groups is 1. The van der Waals surface area contributed by atoms with E-state index in [1.807, 2.05) is 25.1 Å². The van der Waals surface area contributed by atoms with E-state index in [2.05, 4.69) is 82.4 Å². The number of nitrogens with zero attached hydrogens (tertiary/aromatic N) is 4. The smallest absolute Gasteiger partial charge is 0.262 e. The van der Waals surface area contributed by atoms with E-state index in [1.54, 1.807) is 6.07 Å². The van der Waals surface area contributed by atoms with Gasteiger partial charge in [0.1, 0.15) is 11.4 Å². The lowest BCUT2D eigenvalue weighted by atomic mass is 9.63. The second-order valence-electron chi connectivity index (χ2n) is 17.0. The summed E-state index contributed by atoms with van der Waals surface area (Å²) in [7, 11) is -2.96. The summed E-state index contributed by atoms with van der Waals surface area (Å²) < 4.78 is 30.8. The molecule has 2 aliphatic carbocycles. The topological polar surface area (TPSA) is 77.6 Å². The molecule has 2 aromatic rings. The minimum Gasteiger partial charge on any atom is -0.490 e. The number of nitrogens with one attached hydrogen (secondary N) is 1. The van der Waals surface area contributed by atoms with E-state index in [0.29, 0.717) is 30.6 Å². The molecule has 11 heteroatoms. The summed E-state index contributed by atoms with van der Waals surface area (Å²) in [5.41, 5.74) is 3.33. The van der Waals surface area contributed by atoms with Gasteiger partial charge >= 0.3 is 0 Å². The Morgan fingerprint density at radius 3 is 2.56 bits per heavy atom. The SMILES string of the molecule is C=S1(=O)NC(=O)c2ccc3c(c2)N(C[C@@H]2CC[C@H]2[C@@](CN2CCN(N(CC)CC)CC2)(OCC)/C=C/C[C@H](C)[C@H]1C)C[C@@]1(CCCc2cc(Cl)ccc21)CO3. The predicted molar refractivity (Wildman–Crippen MR) is 227 cm³/mol. The van der Waals surface area contributed by atoms with Gasteiger partial charge in [-0.2, -0.15) is 0 Å². The van der Waals surface area contributed by atoms with Crippen molar-refractivity contribution in [3.63, 3.8) is 0 Å². The first-order valence-electron chi connectivity index (χ1n) is 20.9. The van der Waals surface area contributed by atoms with Crippen molar-refractivity contribution in [2.45, 2.75) is 89.4 Å². The lowest BCUT2D eigenvalue weighted by Gasteiger charge is -2.53. The molecule has 0 radical (unpaired) electrons. The minimum atomic E-state index is -2.96. The molecule has 1 saturated carbocycles. The Kier molecular flexibility index (Phi) is 12.3. The number of fused-ring (bicyclic) bond motifs is 4. The number of ether oxygens (including phenoxy) is 2. The minimum absolute atomic E-state index is 0.0314. The number of anilines is 1. The number of carbonyl (C=O) groups excluding carboxylic acids is 1. The van der Waals surface area contributed by atoms with Gasteiger partial charge in [0.05, 0.1) is 22.0 Å². The Morgan fingerprint density at radius 1 is 1.07 bits per heavy atom. The van der Waals surface area contributed by atoms with E-state index in [9.17, 15) is 9.00 Å². The van der Waals surface area contributed by atoms with Crippen LogP contribution in [-0.4, -0.2) is 114 Å². The first-order chi connectivity index (χ1) is 26.4. The third-order valence-electron chi connectivity index (χ3n) is 13.7. The van der Waals surface area contributed by atoms with Gasteiger partial charge in [0.25, 0.3) is 5.91 Å². The number of hydrogen-bond donors (Lipinski definition) is 1. The van der Waals surface area contributed by atoms with Crippen LogP contribution in [0.1, 0.15) is 88.2 Å². The summed E-state index contributed by atoms with van der Waals surface area (Å²) in [6.45, 7) is 20.4. The summed E-state index contributed by atoms with van der Waals surface area (Å²) in [5.74, 6) is 5.25. The monoisotopic (exact) mass is 793 g/mol. The number of allylic oxidation sites excluding steroid dienone is 1. The molecule has 3 aliphatic heterocycles. The summed E-state index contributed by atoms with van der Waals surface area (Å²) in [6, 6.07) is 12.1. The standard InChI is InChI=1S/C44H64ClN5O4S/c1-7-49(8-2)50-24-22-47(23-25-50)30-44(54-9-3)21-10-12-32(4)33(5)55(6,52)46-42(51)35-15-19-41-40(27-35)48(28-36-14-17-39(36)44)29-43(31-53-41)20-11-13-34-26-37(45)16-18-38(34)43/h10,15-16,18-19,21,26-27,32-33,36,39H,6-9,11-14,17,20,22-25,28-31H2,1-5H3,(H,46,51,52)/b21-10+/t32-,33+,36-,39+,43-,44+,55?/m0/s1. The number of rotatable bonds is 7. The number of halogens is 1. The molecule has 302 valence electrons. The maximum Gasteiger partial charge on any atom is 0.262 e. The van der Waals surface area contributed by atoms with E-state index >= 15 is 0 Å². The van der Waals surface area contributed by atoms with Crippen molar-refractivity contribution in [1.82, 2.24) is 19.6 Å². The number of benzene rings is 2. The molecule has 5 aliphatic rings. The highest BCUT2D eigenvalue weighted by Crippen LogP contribution is 2.49. The normalized spacial score (nSPS) is 33.9. The highest BCUT2D eigenvalue weighted by Gasteiger charge is 2.50. The Morgan fingerprint density at radius 2 is 1.85 bits per heavy atom. The van der Waals surface area contributed by atoms with Gasteiger partial charge in [-0.25, -0.2) is 14.2 Å². The zero-order valence-corrected chi connectivity index (χ0v) is 35.4. The summed E-state index contributed by atoms with van der Waals surface area (Å²) >= 11 is 6.54. The average molecular weight is 795 g/mol. The molecule has 2 fully saturated rings. The van der Waals surface area contributed by atoms with Crippen LogP contribution in [0.2, 0.25) is 5.02 Å². The maximum atomic E-state index is 14.1. The van der Waals surface area contributed by atoms with E-state index in [-0.39, 0.29) is 22.5 Å². The maximum absolute atomic E-state index is 14.1. The Hall–Kier alpha value is -2.60. The molecular formula is C44H64ClN5O4S. The molecular weight excluding hydrogens is 730 g/mol. The summed E-state index contributed by atoms with van der Waals surface area (Å²) in [6.07, 6.45) is 10.7. The van der Waals surface area contributed by atoms with E-state index in [4.69, 9.17) is 21.1 Å². The average Bonchev–Trinajstić information content (AvgIpc) is 3.30. The summed E-state index contributed by atoms with van der Waals surface area (Å²) in [4.78, 5) is 19.0. The van der Waals surface area contributed by atoms with Crippen molar-refractivity contribution >= 4 is 38.8 Å². The zero-order chi connectivity index (χ0) is 39.0. The molecule has 2 aromatic carbocycles. The molecule has 1 saturated heterocycles.